The van der Waals surface area contributed by atoms with E-state index in [0.717, 1.165) is 24.6 Å². The van der Waals surface area contributed by atoms with Gasteiger partial charge in [0.25, 0.3) is 5.91 Å². The van der Waals surface area contributed by atoms with Gasteiger partial charge in [0.15, 0.2) is 0 Å². The van der Waals surface area contributed by atoms with Gasteiger partial charge in [-0.15, -0.1) is 0 Å². The Morgan fingerprint density at radius 1 is 1.24 bits per heavy atom. The van der Waals surface area contributed by atoms with Gasteiger partial charge < -0.3 is 14.5 Å². The zero-order valence-corrected chi connectivity index (χ0v) is 15.4. The molecule has 0 saturated carbocycles. The van der Waals surface area contributed by atoms with Gasteiger partial charge in [0, 0.05) is 24.7 Å². The van der Waals surface area contributed by atoms with Gasteiger partial charge >= 0.3 is 0 Å². The second-order valence-electron chi connectivity index (χ2n) is 5.95. The number of nitrogens with one attached hydrogen (secondary N) is 1. The maximum Gasteiger partial charge on any atom is 0.252 e. The third-order valence-electron chi connectivity index (χ3n) is 4.21. The molecule has 1 atom stereocenters. The Morgan fingerprint density at radius 2 is 2.00 bits per heavy atom. The van der Waals surface area contributed by atoms with E-state index in [1.54, 1.807) is 18.2 Å². The van der Waals surface area contributed by atoms with Crippen molar-refractivity contribution in [2.75, 3.05) is 32.8 Å². The second kappa shape index (κ2) is 8.23. The minimum absolute atomic E-state index is 0.0560. The third-order valence-corrected chi connectivity index (χ3v) is 4.77. The number of nitrogens with zero attached hydrogens (tertiary/aromatic N) is 1. The number of carbonyl (C=O) groups is 1. The Hall–Kier alpha value is -1.53. The summed E-state index contributed by atoms with van der Waals surface area (Å²) in [5.74, 6) is 1.42. The summed E-state index contributed by atoms with van der Waals surface area (Å²) in [5.41, 5.74) is 0.366. The van der Waals surface area contributed by atoms with Crippen LogP contribution in [-0.4, -0.2) is 43.7 Å². The summed E-state index contributed by atoms with van der Waals surface area (Å²) < 4.78 is 11.2. The molecule has 1 aromatic carbocycles. The molecule has 1 amide bonds. The van der Waals surface area contributed by atoms with Gasteiger partial charge in [-0.1, -0.05) is 23.2 Å². The van der Waals surface area contributed by atoms with Crippen LogP contribution in [0, 0.1) is 6.92 Å². The van der Waals surface area contributed by atoms with E-state index < -0.39 is 0 Å². The summed E-state index contributed by atoms with van der Waals surface area (Å²) in [6.45, 7) is 5.24. The zero-order chi connectivity index (χ0) is 17.8. The van der Waals surface area contributed by atoms with Crippen molar-refractivity contribution in [2.24, 2.45) is 0 Å². The molecule has 0 bridgehead atoms. The van der Waals surface area contributed by atoms with E-state index in [1.165, 1.54) is 0 Å². The number of hydrogen-bond acceptors (Lipinski definition) is 4. The minimum atomic E-state index is -0.256. The van der Waals surface area contributed by atoms with Crippen LogP contribution in [0.1, 0.15) is 27.9 Å². The largest absolute Gasteiger partial charge is 0.465 e. The van der Waals surface area contributed by atoms with Gasteiger partial charge in [-0.2, -0.15) is 0 Å². The van der Waals surface area contributed by atoms with Gasteiger partial charge in [-0.3, -0.25) is 9.69 Å². The summed E-state index contributed by atoms with van der Waals surface area (Å²) in [6.07, 6.45) is 0. The molecule has 1 N–H and O–H groups in total. The van der Waals surface area contributed by atoms with Crippen molar-refractivity contribution in [3.05, 3.63) is 57.5 Å². The van der Waals surface area contributed by atoms with Crippen molar-refractivity contribution >= 4 is 29.1 Å². The SMILES string of the molecule is Cc1ccc(C(CNC(=O)c2cc(Cl)ccc2Cl)N2CCOCC2)o1. The summed E-state index contributed by atoms with van der Waals surface area (Å²) in [4.78, 5) is 14.8. The number of furan rings is 1. The third kappa shape index (κ3) is 4.55. The van der Waals surface area contributed by atoms with E-state index in [1.807, 2.05) is 19.1 Å². The van der Waals surface area contributed by atoms with Gasteiger partial charge in [0.1, 0.15) is 11.5 Å². The number of ether oxygens (including phenoxy) is 1. The Kier molecular flexibility index (Phi) is 6.02. The molecule has 1 aliphatic rings. The fraction of sp³-hybridized carbons (Fsp3) is 0.389. The molecular weight excluding hydrogens is 363 g/mol. The monoisotopic (exact) mass is 382 g/mol. The number of rotatable bonds is 5. The van der Waals surface area contributed by atoms with Crippen LogP contribution in [0.25, 0.3) is 0 Å². The van der Waals surface area contributed by atoms with Gasteiger partial charge in [-0.05, 0) is 37.3 Å². The van der Waals surface area contributed by atoms with E-state index in [2.05, 4.69) is 10.2 Å². The molecule has 5 nitrogen and oxygen atoms in total. The number of amides is 1. The molecule has 25 heavy (non-hydrogen) atoms. The number of carbonyl (C=O) groups excluding carboxylic acids is 1. The molecule has 0 radical (unpaired) electrons. The van der Waals surface area contributed by atoms with Crippen LogP contribution < -0.4 is 5.32 Å². The molecule has 0 spiro atoms. The smallest absolute Gasteiger partial charge is 0.252 e. The standard InChI is InChI=1S/C18H20Cl2N2O3/c1-12-2-5-17(25-12)16(22-6-8-24-9-7-22)11-21-18(23)14-10-13(19)3-4-15(14)20/h2-5,10,16H,6-9,11H2,1H3,(H,21,23). The molecular formula is C18H20Cl2N2O3. The lowest BCUT2D eigenvalue weighted by atomic mass is 10.1. The first kappa shape index (κ1) is 18.3. The predicted molar refractivity (Wildman–Crippen MR) is 97.4 cm³/mol. The molecule has 134 valence electrons. The Labute approximate surface area is 156 Å². The number of halogens is 2. The fourth-order valence-electron chi connectivity index (χ4n) is 2.89. The molecule has 2 heterocycles. The molecule has 1 aromatic heterocycles. The van der Waals surface area contributed by atoms with E-state index in [0.29, 0.717) is 35.4 Å². The van der Waals surface area contributed by atoms with Crippen molar-refractivity contribution < 1.29 is 13.9 Å². The molecule has 7 heteroatoms. The van der Waals surface area contributed by atoms with Crippen LogP contribution in [0.2, 0.25) is 10.0 Å². The fourth-order valence-corrected chi connectivity index (χ4v) is 3.26. The first-order valence-corrected chi connectivity index (χ1v) is 8.91. The molecule has 2 aromatic rings. The van der Waals surface area contributed by atoms with E-state index in [9.17, 15) is 4.79 Å². The Bertz CT molecular complexity index is 742. The van der Waals surface area contributed by atoms with Crippen molar-refractivity contribution in [3.63, 3.8) is 0 Å². The highest BCUT2D eigenvalue weighted by atomic mass is 35.5. The average molecular weight is 383 g/mol. The quantitative estimate of drug-likeness (QED) is 0.856. The average Bonchev–Trinajstić information content (AvgIpc) is 3.04. The van der Waals surface area contributed by atoms with Crippen LogP contribution in [0.3, 0.4) is 0 Å². The van der Waals surface area contributed by atoms with Gasteiger partial charge in [-0.25, -0.2) is 0 Å². The second-order valence-corrected chi connectivity index (χ2v) is 6.79. The maximum absolute atomic E-state index is 12.5. The minimum Gasteiger partial charge on any atom is -0.465 e. The number of benzene rings is 1. The highest BCUT2D eigenvalue weighted by Gasteiger charge is 2.26. The van der Waals surface area contributed by atoms with Crippen LogP contribution >= 0.6 is 23.2 Å². The number of hydrogen-bond donors (Lipinski definition) is 1. The van der Waals surface area contributed by atoms with Crippen molar-refractivity contribution in [1.29, 1.82) is 0 Å². The van der Waals surface area contributed by atoms with Gasteiger partial charge in [0.05, 0.1) is 29.8 Å². The first-order valence-electron chi connectivity index (χ1n) is 8.16. The normalized spacial score (nSPS) is 16.6. The lowest BCUT2D eigenvalue weighted by molar-refractivity contribution is 0.0117. The van der Waals surface area contributed by atoms with Crippen LogP contribution in [-0.2, 0) is 4.74 Å². The Balaban J connectivity index is 1.73. The van der Waals surface area contributed by atoms with E-state index in [4.69, 9.17) is 32.4 Å². The Morgan fingerprint density at radius 3 is 2.68 bits per heavy atom. The molecule has 3 rings (SSSR count). The highest BCUT2D eigenvalue weighted by Crippen LogP contribution is 2.24. The number of aryl methyl sites for hydroxylation is 1. The maximum atomic E-state index is 12.5. The first-order chi connectivity index (χ1) is 12.0. The molecule has 1 aliphatic heterocycles. The van der Waals surface area contributed by atoms with Crippen molar-refractivity contribution in [3.8, 4) is 0 Å². The highest BCUT2D eigenvalue weighted by molar-refractivity contribution is 6.35. The lowest BCUT2D eigenvalue weighted by Gasteiger charge is -2.33. The summed E-state index contributed by atoms with van der Waals surface area (Å²) >= 11 is 12.1. The van der Waals surface area contributed by atoms with E-state index in [-0.39, 0.29) is 11.9 Å². The molecule has 1 fully saturated rings. The van der Waals surface area contributed by atoms with Crippen molar-refractivity contribution in [1.82, 2.24) is 10.2 Å². The van der Waals surface area contributed by atoms with Crippen LogP contribution in [0.15, 0.2) is 34.7 Å². The molecule has 1 unspecified atom stereocenters. The summed E-state index contributed by atoms with van der Waals surface area (Å²) in [7, 11) is 0. The molecule has 1 saturated heterocycles. The van der Waals surface area contributed by atoms with Crippen molar-refractivity contribution in [2.45, 2.75) is 13.0 Å². The lowest BCUT2D eigenvalue weighted by Crippen LogP contribution is -2.43. The molecule has 0 aliphatic carbocycles. The summed E-state index contributed by atoms with van der Waals surface area (Å²) in [6, 6.07) is 8.67. The predicted octanol–water partition coefficient (Wildman–Crippen LogP) is 3.70. The zero-order valence-electron chi connectivity index (χ0n) is 13.9. The topological polar surface area (TPSA) is 54.7 Å². The van der Waals surface area contributed by atoms with Gasteiger partial charge in [0.2, 0.25) is 0 Å². The number of morpholine rings is 1. The van der Waals surface area contributed by atoms with Crippen LogP contribution in [0.4, 0.5) is 0 Å². The van der Waals surface area contributed by atoms with E-state index >= 15 is 0 Å². The summed E-state index contributed by atoms with van der Waals surface area (Å²) in [5, 5.41) is 3.79. The van der Waals surface area contributed by atoms with Crippen LogP contribution in [0.5, 0.6) is 0 Å².